The van der Waals surface area contributed by atoms with Crippen LogP contribution in [0.3, 0.4) is 0 Å². The number of para-hydroxylation sites is 1. The van der Waals surface area contributed by atoms with Crippen LogP contribution in [0.4, 0.5) is 0 Å². The van der Waals surface area contributed by atoms with Crippen molar-refractivity contribution in [3.8, 4) is 0 Å². The second kappa shape index (κ2) is 4.93. The van der Waals surface area contributed by atoms with E-state index in [1.165, 1.54) is 0 Å². The Hall–Kier alpha value is -2.01. The molecule has 0 bridgehead atoms. The van der Waals surface area contributed by atoms with E-state index in [2.05, 4.69) is 15.9 Å². The standard InChI is InChI=1S/C14H9BrO4/c15-13-6-5-12(19-13)14(16)17-8-10-7-9-3-1-2-4-11(9)18-10/h1-7H,8H2. The first-order valence-electron chi connectivity index (χ1n) is 5.62. The number of furan rings is 2. The van der Waals surface area contributed by atoms with Crippen LogP contribution >= 0.6 is 15.9 Å². The summed E-state index contributed by atoms with van der Waals surface area (Å²) in [6.07, 6.45) is 0. The lowest BCUT2D eigenvalue weighted by Crippen LogP contribution is -2.03. The molecular weight excluding hydrogens is 312 g/mol. The summed E-state index contributed by atoms with van der Waals surface area (Å²) in [4.78, 5) is 11.7. The van der Waals surface area contributed by atoms with Gasteiger partial charge in [-0.25, -0.2) is 4.79 Å². The van der Waals surface area contributed by atoms with Crippen molar-refractivity contribution in [2.45, 2.75) is 6.61 Å². The summed E-state index contributed by atoms with van der Waals surface area (Å²) in [7, 11) is 0. The molecule has 0 unspecified atom stereocenters. The first-order valence-corrected chi connectivity index (χ1v) is 6.41. The van der Waals surface area contributed by atoms with E-state index in [1.807, 2.05) is 30.3 Å². The molecule has 96 valence electrons. The number of rotatable bonds is 3. The fourth-order valence-electron chi connectivity index (χ4n) is 1.74. The van der Waals surface area contributed by atoms with Crippen molar-refractivity contribution in [2.75, 3.05) is 0 Å². The van der Waals surface area contributed by atoms with Gasteiger partial charge in [0.05, 0.1) is 0 Å². The Morgan fingerprint density at radius 3 is 2.74 bits per heavy atom. The van der Waals surface area contributed by atoms with E-state index in [-0.39, 0.29) is 12.4 Å². The number of fused-ring (bicyclic) bond motifs is 1. The fraction of sp³-hybridized carbons (Fsp3) is 0.0714. The molecule has 0 aliphatic rings. The maximum Gasteiger partial charge on any atom is 0.374 e. The van der Waals surface area contributed by atoms with Crippen molar-refractivity contribution < 1.29 is 18.4 Å². The summed E-state index contributed by atoms with van der Waals surface area (Å²) in [5.74, 6) is 0.231. The van der Waals surface area contributed by atoms with E-state index < -0.39 is 5.97 Å². The molecule has 0 aliphatic heterocycles. The zero-order valence-electron chi connectivity index (χ0n) is 9.76. The molecule has 19 heavy (non-hydrogen) atoms. The Labute approximate surface area is 117 Å². The molecule has 3 rings (SSSR count). The molecule has 0 atom stereocenters. The van der Waals surface area contributed by atoms with Crippen molar-refractivity contribution in [3.63, 3.8) is 0 Å². The lowest BCUT2D eigenvalue weighted by atomic mass is 10.2. The van der Waals surface area contributed by atoms with Gasteiger partial charge < -0.3 is 13.6 Å². The van der Waals surface area contributed by atoms with E-state index >= 15 is 0 Å². The topological polar surface area (TPSA) is 52.6 Å². The highest BCUT2D eigenvalue weighted by atomic mass is 79.9. The number of halogens is 1. The SMILES string of the molecule is O=C(OCc1cc2ccccc2o1)c1ccc(Br)o1. The number of hydrogen-bond acceptors (Lipinski definition) is 4. The molecule has 0 spiro atoms. The van der Waals surface area contributed by atoms with Crippen LogP contribution in [-0.4, -0.2) is 5.97 Å². The number of carbonyl (C=O) groups is 1. The van der Waals surface area contributed by atoms with E-state index in [0.29, 0.717) is 10.4 Å². The van der Waals surface area contributed by atoms with Crippen LogP contribution in [-0.2, 0) is 11.3 Å². The molecule has 0 fully saturated rings. The monoisotopic (exact) mass is 320 g/mol. The number of carbonyl (C=O) groups excluding carboxylic acids is 1. The molecule has 2 aromatic heterocycles. The summed E-state index contributed by atoms with van der Waals surface area (Å²) in [6, 6.07) is 12.7. The van der Waals surface area contributed by atoms with Crippen molar-refractivity contribution in [2.24, 2.45) is 0 Å². The van der Waals surface area contributed by atoms with Gasteiger partial charge in [0.25, 0.3) is 0 Å². The van der Waals surface area contributed by atoms with Gasteiger partial charge in [-0.05, 0) is 40.2 Å². The van der Waals surface area contributed by atoms with Crippen LogP contribution in [0.15, 0.2) is 56.0 Å². The largest absolute Gasteiger partial charge is 0.457 e. The third kappa shape index (κ3) is 2.56. The molecule has 0 amide bonds. The number of esters is 1. The molecule has 1 aromatic carbocycles. The van der Waals surface area contributed by atoms with Gasteiger partial charge in [-0.2, -0.15) is 0 Å². The van der Waals surface area contributed by atoms with Crippen molar-refractivity contribution >= 4 is 32.9 Å². The molecule has 0 saturated heterocycles. The van der Waals surface area contributed by atoms with Gasteiger partial charge in [-0.1, -0.05) is 18.2 Å². The lowest BCUT2D eigenvalue weighted by Gasteiger charge is -1.99. The molecule has 0 saturated carbocycles. The second-order valence-electron chi connectivity index (χ2n) is 3.93. The Kier molecular flexibility index (Phi) is 3.13. The van der Waals surface area contributed by atoms with E-state index in [0.717, 1.165) is 11.0 Å². The summed E-state index contributed by atoms with van der Waals surface area (Å²) >= 11 is 3.13. The smallest absolute Gasteiger partial charge is 0.374 e. The number of benzene rings is 1. The Balaban J connectivity index is 1.70. The van der Waals surface area contributed by atoms with Gasteiger partial charge in [0.15, 0.2) is 4.67 Å². The molecule has 3 aromatic rings. The predicted molar refractivity (Wildman–Crippen MR) is 71.7 cm³/mol. The Bertz CT molecular complexity index is 693. The molecule has 0 N–H and O–H groups in total. The quantitative estimate of drug-likeness (QED) is 0.680. The molecule has 4 nitrogen and oxygen atoms in total. The summed E-state index contributed by atoms with van der Waals surface area (Å²) in [5, 5.41) is 0.981. The van der Waals surface area contributed by atoms with Gasteiger partial charge in [0, 0.05) is 5.39 Å². The van der Waals surface area contributed by atoms with Crippen LogP contribution in [0, 0.1) is 0 Å². The van der Waals surface area contributed by atoms with Gasteiger partial charge in [0.2, 0.25) is 5.76 Å². The Morgan fingerprint density at radius 2 is 2.00 bits per heavy atom. The highest BCUT2D eigenvalue weighted by molar-refractivity contribution is 9.10. The molecule has 2 heterocycles. The van der Waals surface area contributed by atoms with E-state index in [4.69, 9.17) is 13.6 Å². The average Bonchev–Trinajstić information content (AvgIpc) is 3.01. The first kappa shape index (κ1) is 12.0. The highest BCUT2D eigenvalue weighted by Crippen LogP contribution is 2.20. The summed E-state index contributed by atoms with van der Waals surface area (Å²) < 4.78 is 16.2. The van der Waals surface area contributed by atoms with Crippen molar-refractivity contribution in [1.29, 1.82) is 0 Å². The number of ether oxygens (including phenoxy) is 1. The maximum atomic E-state index is 11.7. The van der Waals surface area contributed by atoms with Gasteiger partial charge in [0.1, 0.15) is 18.0 Å². The predicted octanol–water partition coefficient (Wildman–Crippen LogP) is 4.15. The second-order valence-corrected chi connectivity index (χ2v) is 4.71. The van der Waals surface area contributed by atoms with Gasteiger partial charge in [-0.3, -0.25) is 0 Å². The van der Waals surface area contributed by atoms with Crippen LogP contribution in [0.5, 0.6) is 0 Å². The summed E-state index contributed by atoms with van der Waals surface area (Å²) in [6.45, 7) is 0.0752. The zero-order chi connectivity index (χ0) is 13.2. The third-order valence-electron chi connectivity index (χ3n) is 2.60. The average molecular weight is 321 g/mol. The number of hydrogen-bond donors (Lipinski definition) is 0. The van der Waals surface area contributed by atoms with Gasteiger partial charge in [-0.15, -0.1) is 0 Å². The van der Waals surface area contributed by atoms with Crippen LogP contribution in [0.2, 0.25) is 0 Å². The maximum absolute atomic E-state index is 11.7. The molecule has 0 radical (unpaired) electrons. The normalized spacial score (nSPS) is 10.8. The highest BCUT2D eigenvalue weighted by Gasteiger charge is 2.13. The van der Waals surface area contributed by atoms with Crippen LogP contribution in [0.1, 0.15) is 16.3 Å². The lowest BCUT2D eigenvalue weighted by molar-refractivity contribution is 0.0409. The minimum atomic E-state index is -0.522. The fourth-order valence-corrected chi connectivity index (χ4v) is 2.05. The zero-order valence-corrected chi connectivity index (χ0v) is 11.3. The van der Waals surface area contributed by atoms with E-state index in [9.17, 15) is 4.79 Å². The Morgan fingerprint density at radius 1 is 1.16 bits per heavy atom. The first-order chi connectivity index (χ1) is 9.22. The molecule has 5 heteroatoms. The van der Waals surface area contributed by atoms with E-state index in [1.54, 1.807) is 12.1 Å². The van der Waals surface area contributed by atoms with Crippen LogP contribution < -0.4 is 0 Å². The molecular formula is C14H9BrO4. The summed E-state index contributed by atoms with van der Waals surface area (Å²) in [5.41, 5.74) is 0.772. The minimum Gasteiger partial charge on any atom is -0.457 e. The van der Waals surface area contributed by atoms with Crippen molar-refractivity contribution in [1.82, 2.24) is 0 Å². The third-order valence-corrected chi connectivity index (χ3v) is 3.02. The van der Waals surface area contributed by atoms with Crippen molar-refractivity contribution in [3.05, 3.63) is 58.7 Å². The minimum absolute atomic E-state index is 0.0752. The van der Waals surface area contributed by atoms with Crippen LogP contribution in [0.25, 0.3) is 11.0 Å². The molecule has 0 aliphatic carbocycles. The van der Waals surface area contributed by atoms with Gasteiger partial charge >= 0.3 is 5.97 Å².